The van der Waals surface area contributed by atoms with Gasteiger partial charge in [0.15, 0.2) is 11.6 Å². The molecule has 3 rings (SSSR count). The van der Waals surface area contributed by atoms with Crippen molar-refractivity contribution in [3.05, 3.63) is 35.4 Å². The Hall–Kier alpha value is -2.02. The number of carbonyl (C=O) groups excluding carboxylic acids is 1. The largest absolute Gasteiger partial charge is 0.427 e. The molecule has 1 fully saturated rings. The smallest absolute Gasteiger partial charge is 0.298 e. The molecule has 0 unspecified atom stereocenters. The van der Waals surface area contributed by atoms with Gasteiger partial charge in [-0.2, -0.15) is 9.36 Å². The van der Waals surface area contributed by atoms with E-state index >= 15 is 0 Å². The van der Waals surface area contributed by atoms with E-state index < -0.39 is 11.7 Å². The van der Waals surface area contributed by atoms with Gasteiger partial charge in [-0.15, -0.1) is 0 Å². The Bertz CT molecular complexity index is 640. The lowest BCUT2D eigenvalue weighted by Gasteiger charge is -2.03. The predicted octanol–water partition coefficient (Wildman–Crippen LogP) is 2.45. The van der Waals surface area contributed by atoms with E-state index in [0.717, 1.165) is 36.3 Å². The van der Waals surface area contributed by atoms with E-state index in [0.29, 0.717) is 11.1 Å². The van der Waals surface area contributed by atoms with Crippen molar-refractivity contribution in [3.8, 4) is 10.9 Å². The first kappa shape index (κ1) is 12.0. The minimum atomic E-state index is -0.683. The van der Waals surface area contributed by atoms with Crippen LogP contribution in [0.15, 0.2) is 18.2 Å². The van der Waals surface area contributed by atoms with Crippen molar-refractivity contribution in [2.24, 2.45) is 5.73 Å². The summed E-state index contributed by atoms with van der Waals surface area (Å²) in [5, 5.41) is 0.299. The standard InChI is InChI=1S/C12H10FN3O2S/c13-8-5-7(10(14)17)3-4-9(8)18-12-15-11(16-19-12)6-1-2-6/h3-6H,1-2H2,(H2,14,17). The van der Waals surface area contributed by atoms with Crippen LogP contribution in [0.2, 0.25) is 0 Å². The average molecular weight is 279 g/mol. The maximum Gasteiger partial charge on any atom is 0.298 e. The second-order valence-corrected chi connectivity index (χ2v) is 5.02. The SMILES string of the molecule is NC(=O)c1ccc(Oc2nc(C3CC3)ns2)c(F)c1. The molecule has 7 heteroatoms. The molecule has 2 aromatic rings. The second-order valence-electron chi connectivity index (χ2n) is 4.30. The van der Waals surface area contributed by atoms with Crippen LogP contribution in [0.5, 0.6) is 10.9 Å². The number of benzene rings is 1. The third-order valence-electron chi connectivity index (χ3n) is 2.78. The summed E-state index contributed by atoms with van der Waals surface area (Å²) in [7, 11) is 0. The highest BCUT2D eigenvalue weighted by atomic mass is 32.1. The van der Waals surface area contributed by atoms with Gasteiger partial charge < -0.3 is 10.5 Å². The molecule has 0 bridgehead atoms. The van der Waals surface area contributed by atoms with Crippen LogP contribution in [0.4, 0.5) is 4.39 Å². The van der Waals surface area contributed by atoms with Crippen LogP contribution in [0.25, 0.3) is 0 Å². The number of nitrogens with two attached hydrogens (primary N) is 1. The molecule has 19 heavy (non-hydrogen) atoms. The van der Waals surface area contributed by atoms with Gasteiger partial charge in [-0.05, 0) is 31.0 Å². The third-order valence-corrected chi connectivity index (χ3v) is 3.39. The summed E-state index contributed by atoms with van der Waals surface area (Å²) < 4.78 is 23.2. The Morgan fingerprint density at radius 1 is 1.47 bits per heavy atom. The van der Waals surface area contributed by atoms with Crippen LogP contribution in [-0.2, 0) is 0 Å². The number of rotatable bonds is 4. The van der Waals surface area contributed by atoms with Crippen LogP contribution < -0.4 is 10.5 Å². The molecule has 2 N–H and O–H groups in total. The van der Waals surface area contributed by atoms with E-state index in [1.165, 1.54) is 12.1 Å². The lowest BCUT2D eigenvalue weighted by Crippen LogP contribution is -2.11. The van der Waals surface area contributed by atoms with E-state index in [2.05, 4.69) is 9.36 Å². The van der Waals surface area contributed by atoms with Gasteiger partial charge >= 0.3 is 0 Å². The first-order chi connectivity index (χ1) is 9.13. The van der Waals surface area contributed by atoms with Gasteiger partial charge in [-0.25, -0.2) is 4.39 Å². The molecule has 5 nitrogen and oxygen atoms in total. The number of nitrogens with zero attached hydrogens (tertiary/aromatic N) is 2. The number of hydrogen-bond donors (Lipinski definition) is 1. The Labute approximate surface area is 112 Å². The quantitative estimate of drug-likeness (QED) is 0.932. The highest BCUT2D eigenvalue weighted by Crippen LogP contribution is 2.40. The van der Waals surface area contributed by atoms with Crippen molar-refractivity contribution < 1.29 is 13.9 Å². The fourth-order valence-corrected chi connectivity index (χ4v) is 2.22. The van der Waals surface area contributed by atoms with Gasteiger partial charge in [0, 0.05) is 23.0 Å². The summed E-state index contributed by atoms with van der Waals surface area (Å²) in [6.07, 6.45) is 2.19. The number of carbonyl (C=O) groups is 1. The van der Waals surface area contributed by atoms with E-state index in [1.54, 1.807) is 0 Å². The number of primary amides is 1. The Kier molecular flexibility index (Phi) is 2.90. The van der Waals surface area contributed by atoms with Gasteiger partial charge in [0.05, 0.1) is 0 Å². The number of halogens is 1. The molecule has 0 spiro atoms. The predicted molar refractivity (Wildman–Crippen MR) is 66.9 cm³/mol. The molecule has 1 aliphatic rings. The van der Waals surface area contributed by atoms with Crippen molar-refractivity contribution in [2.45, 2.75) is 18.8 Å². The van der Waals surface area contributed by atoms with Crippen molar-refractivity contribution in [3.63, 3.8) is 0 Å². The summed E-state index contributed by atoms with van der Waals surface area (Å²) in [5.74, 6) is -0.148. The van der Waals surface area contributed by atoms with Crippen LogP contribution in [0.3, 0.4) is 0 Å². The Morgan fingerprint density at radius 3 is 2.89 bits per heavy atom. The van der Waals surface area contributed by atoms with Gasteiger partial charge in [-0.1, -0.05) is 0 Å². The Balaban J connectivity index is 1.79. The highest BCUT2D eigenvalue weighted by Gasteiger charge is 2.28. The molecular formula is C12H10FN3O2S. The summed E-state index contributed by atoms with van der Waals surface area (Å²) in [4.78, 5) is 15.1. The number of ether oxygens (including phenoxy) is 1. The minimum absolute atomic E-state index is 0.00324. The monoisotopic (exact) mass is 279 g/mol. The fourth-order valence-electron chi connectivity index (χ4n) is 1.60. The molecule has 0 atom stereocenters. The summed E-state index contributed by atoms with van der Waals surface area (Å²) in [6.45, 7) is 0. The molecule has 1 amide bonds. The molecule has 1 aliphatic carbocycles. The van der Waals surface area contributed by atoms with Crippen molar-refractivity contribution in [1.82, 2.24) is 9.36 Å². The molecule has 1 aromatic carbocycles. The molecule has 1 heterocycles. The van der Waals surface area contributed by atoms with E-state index in [1.807, 2.05) is 0 Å². The van der Waals surface area contributed by atoms with Crippen LogP contribution in [0, 0.1) is 5.82 Å². The summed E-state index contributed by atoms with van der Waals surface area (Å²) >= 11 is 1.09. The average Bonchev–Trinajstić information content (AvgIpc) is 3.12. The number of aromatic nitrogens is 2. The molecular weight excluding hydrogens is 269 g/mol. The molecule has 0 aliphatic heterocycles. The maximum atomic E-state index is 13.7. The second kappa shape index (κ2) is 4.58. The highest BCUT2D eigenvalue weighted by molar-refractivity contribution is 7.07. The van der Waals surface area contributed by atoms with E-state index in [4.69, 9.17) is 10.5 Å². The molecule has 98 valence electrons. The normalized spacial score (nSPS) is 14.4. The van der Waals surface area contributed by atoms with Crippen molar-refractivity contribution >= 4 is 17.4 Å². The van der Waals surface area contributed by atoms with E-state index in [-0.39, 0.29) is 11.3 Å². The zero-order valence-corrected chi connectivity index (χ0v) is 10.6. The van der Waals surface area contributed by atoms with E-state index in [9.17, 15) is 9.18 Å². The number of hydrogen-bond acceptors (Lipinski definition) is 5. The third kappa shape index (κ3) is 2.55. The summed E-state index contributed by atoms with van der Waals surface area (Å²) in [5.41, 5.74) is 5.16. The Morgan fingerprint density at radius 2 is 2.26 bits per heavy atom. The fraction of sp³-hybridized carbons (Fsp3) is 0.250. The molecule has 0 saturated heterocycles. The topological polar surface area (TPSA) is 78.1 Å². The van der Waals surface area contributed by atoms with Crippen molar-refractivity contribution in [2.75, 3.05) is 0 Å². The zero-order valence-electron chi connectivity index (χ0n) is 9.80. The minimum Gasteiger partial charge on any atom is -0.427 e. The van der Waals surface area contributed by atoms with Crippen LogP contribution >= 0.6 is 11.5 Å². The molecule has 0 radical (unpaired) electrons. The van der Waals surface area contributed by atoms with Gasteiger partial charge in [0.25, 0.3) is 5.19 Å². The molecule has 1 saturated carbocycles. The van der Waals surface area contributed by atoms with Crippen LogP contribution in [-0.4, -0.2) is 15.3 Å². The van der Waals surface area contributed by atoms with Crippen LogP contribution in [0.1, 0.15) is 34.9 Å². The molecule has 1 aromatic heterocycles. The van der Waals surface area contributed by atoms with Crippen molar-refractivity contribution in [1.29, 1.82) is 0 Å². The summed E-state index contributed by atoms with van der Waals surface area (Å²) in [6, 6.07) is 3.80. The first-order valence-electron chi connectivity index (χ1n) is 5.74. The maximum absolute atomic E-state index is 13.7. The van der Waals surface area contributed by atoms with Gasteiger partial charge in [0.2, 0.25) is 5.91 Å². The zero-order chi connectivity index (χ0) is 13.4. The number of amides is 1. The lowest BCUT2D eigenvalue weighted by molar-refractivity contribution is 0.1000. The first-order valence-corrected chi connectivity index (χ1v) is 6.51. The lowest BCUT2D eigenvalue weighted by atomic mass is 10.2. The van der Waals surface area contributed by atoms with Gasteiger partial charge in [0.1, 0.15) is 5.82 Å². The van der Waals surface area contributed by atoms with Gasteiger partial charge in [-0.3, -0.25) is 4.79 Å².